The summed E-state index contributed by atoms with van der Waals surface area (Å²) in [5.41, 5.74) is 8.27. The molecule has 0 bridgehead atoms. The third-order valence-electron chi connectivity index (χ3n) is 4.79. The predicted octanol–water partition coefficient (Wildman–Crippen LogP) is 4.34. The molecule has 0 heterocycles. The van der Waals surface area contributed by atoms with Gasteiger partial charge in [0.2, 0.25) is 0 Å². The van der Waals surface area contributed by atoms with E-state index in [-0.39, 0.29) is 5.41 Å². The minimum absolute atomic E-state index is 0.187. The molecule has 0 fully saturated rings. The van der Waals surface area contributed by atoms with Gasteiger partial charge in [0, 0.05) is 0 Å². The maximum atomic E-state index is 5.84. The Labute approximate surface area is 157 Å². The Kier molecular flexibility index (Phi) is 7.34. The van der Waals surface area contributed by atoms with Crippen LogP contribution in [-0.2, 0) is 11.8 Å². The van der Waals surface area contributed by atoms with Crippen LogP contribution in [0.3, 0.4) is 0 Å². The van der Waals surface area contributed by atoms with Gasteiger partial charge >= 0.3 is 0 Å². The van der Waals surface area contributed by atoms with Crippen LogP contribution in [0, 0.1) is 0 Å². The van der Waals surface area contributed by atoms with Crippen molar-refractivity contribution in [2.24, 2.45) is 5.73 Å². The first-order chi connectivity index (χ1) is 12.5. The van der Waals surface area contributed by atoms with Crippen LogP contribution >= 0.6 is 0 Å². The standard InChI is InChI=1S/C22H31NO3/c1-5-22(2,3)18-7-9-19(10-8-18)25-14-15-26-21-16-17(12-13-23)6-11-20(21)24-4/h6-11,16H,5,12-15,23H2,1-4H3. The topological polar surface area (TPSA) is 53.7 Å². The molecule has 0 unspecified atom stereocenters. The van der Waals surface area contributed by atoms with Crippen LogP contribution in [0.1, 0.15) is 38.3 Å². The van der Waals surface area contributed by atoms with Crippen LogP contribution in [0.2, 0.25) is 0 Å². The quantitative estimate of drug-likeness (QED) is 0.643. The summed E-state index contributed by atoms with van der Waals surface area (Å²) in [6.07, 6.45) is 1.92. The number of hydrogen-bond donors (Lipinski definition) is 1. The van der Waals surface area contributed by atoms with Crippen LogP contribution in [0.15, 0.2) is 42.5 Å². The van der Waals surface area contributed by atoms with E-state index in [1.165, 1.54) is 5.56 Å². The van der Waals surface area contributed by atoms with E-state index in [0.717, 1.165) is 35.7 Å². The van der Waals surface area contributed by atoms with E-state index < -0.39 is 0 Å². The number of hydrogen-bond acceptors (Lipinski definition) is 4. The summed E-state index contributed by atoms with van der Waals surface area (Å²) < 4.78 is 17.0. The fourth-order valence-electron chi connectivity index (χ4n) is 2.67. The van der Waals surface area contributed by atoms with Gasteiger partial charge in [-0.2, -0.15) is 0 Å². The second-order valence-corrected chi connectivity index (χ2v) is 6.98. The molecule has 0 aliphatic heterocycles. The van der Waals surface area contributed by atoms with Crippen molar-refractivity contribution in [2.45, 2.75) is 39.0 Å². The summed E-state index contributed by atoms with van der Waals surface area (Å²) in [5, 5.41) is 0. The molecule has 0 saturated heterocycles. The van der Waals surface area contributed by atoms with E-state index in [2.05, 4.69) is 32.9 Å². The molecular weight excluding hydrogens is 326 g/mol. The van der Waals surface area contributed by atoms with E-state index in [9.17, 15) is 0 Å². The number of ether oxygens (including phenoxy) is 3. The zero-order chi connectivity index (χ0) is 19.0. The molecule has 4 nitrogen and oxygen atoms in total. The molecule has 0 atom stereocenters. The lowest BCUT2D eigenvalue weighted by atomic mass is 9.82. The Morgan fingerprint density at radius 1 is 0.923 bits per heavy atom. The Bertz CT molecular complexity index is 680. The highest BCUT2D eigenvalue weighted by Crippen LogP contribution is 2.29. The molecule has 26 heavy (non-hydrogen) atoms. The highest BCUT2D eigenvalue weighted by molar-refractivity contribution is 5.43. The van der Waals surface area contributed by atoms with E-state index in [4.69, 9.17) is 19.9 Å². The molecule has 2 aromatic carbocycles. The van der Waals surface area contributed by atoms with E-state index in [1.54, 1.807) is 7.11 Å². The molecule has 4 heteroatoms. The summed E-state index contributed by atoms with van der Waals surface area (Å²) >= 11 is 0. The largest absolute Gasteiger partial charge is 0.493 e. The van der Waals surface area contributed by atoms with Gasteiger partial charge in [-0.25, -0.2) is 0 Å². The smallest absolute Gasteiger partial charge is 0.161 e. The number of nitrogens with two attached hydrogens (primary N) is 1. The third kappa shape index (κ3) is 5.40. The minimum Gasteiger partial charge on any atom is -0.493 e. The van der Waals surface area contributed by atoms with Gasteiger partial charge in [-0.05, 0) is 60.2 Å². The maximum Gasteiger partial charge on any atom is 0.161 e. The average Bonchev–Trinajstić information content (AvgIpc) is 2.66. The Morgan fingerprint density at radius 3 is 2.23 bits per heavy atom. The summed E-state index contributed by atoms with van der Waals surface area (Å²) in [6.45, 7) is 8.25. The van der Waals surface area contributed by atoms with Crippen molar-refractivity contribution in [3.63, 3.8) is 0 Å². The van der Waals surface area contributed by atoms with Crippen LogP contribution in [0.4, 0.5) is 0 Å². The number of benzene rings is 2. The van der Waals surface area contributed by atoms with Crippen molar-refractivity contribution in [1.29, 1.82) is 0 Å². The highest BCUT2D eigenvalue weighted by Gasteiger charge is 2.17. The molecule has 0 aliphatic carbocycles. The van der Waals surface area contributed by atoms with Gasteiger partial charge in [-0.15, -0.1) is 0 Å². The molecule has 0 aromatic heterocycles. The van der Waals surface area contributed by atoms with Gasteiger partial charge in [-0.3, -0.25) is 0 Å². The van der Waals surface area contributed by atoms with Crippen molar-refractivity contribution < 1.29 is 14.2 Å². The van der Waals surface area contributed by atoms with Gasteiger partial charge in [0.25, 0.3) is 0 Å². The summed E-state index contributed by atoms with van der Waals surface area (Å²) in [5.74, 6) is 2.30. The lowest BCUT2D eigenvalue weighted by Gasteiger charge is -2.23. The summed E-state index contributed by atoms with van der Waals surface area (Å²) in [6, 6.07) is 14.2. The molecule has 0 saturated carbocycles. The highest BCUT2D eigenvalue weighted by atomic mass is 16.5. The number of rotatable bonds is 10. The van der Waals surface area contributed by atoms with E-state index in [1.807, 2.05) is 30.3 Å². The van der Waals surface area contributed by atoms with Gasteiger partial charge in [-0.1, -0.05) is 39.0 Å². The van der Waals surface area contributed by atoms with Crippen molar-refractivity contribution in [3.8, 4) is 17.2 Å². The summed E-state index contributed by atoms with van der Waals surface area (Å²) in [7, 11) is 1.64. The lowest BCUT2D eigenvalue weighted by molar-refractivity contribution is 0.211. The van der Waals surface area contributed by atoms with Crippen molar-refractivity contribution in [1.82, 2.24) is 0 Å². The fourth-order valence-corrected chi connectivity index (χ4v) is 2.67. The number of methoxy groups -OCH3 is 1. The van der Waals surface area contributed by atoms with Crippen LogP contribution in [0.25, 0.3) is 0 Å². The molecular formula is C22H31NO3. The second-order valence-electron chi connectivity index (χ2n) is 6.98. The van der Waals surface area contributed by atoms with Crippen molar-refractivity contribution in [2.75, 3.05) is 26.9 Å². The fraction of sp³-hybridized carbons (Fsp3) is 0.455. The SMILES string of the molecule is CCC(C)(C)c1ccc(OCCOc2cc(CCN)ccc2OC)cc1. The van der Waals surface area contributed by atoms with E-state index in [0.29, 0.717) is 19.8 Å². The van der Waals surface area contributed by atoms with Gasteiger partial charge in [0.1, 0.15) is 19.0 Å². The molecule has 0 amide bonds. The zero-order valence-electron chi connectivity index (χ0n) is 16.4. The van der Waals surface area contributed by atoms with Gasteiger partial charge in [0.05, 0.1) is 7.11 Å². The molecule has 2 N–H and O–H groups in total. The normalized spacial score (nSPS) is 11.3. The van der Waals surface area contributed by atoms with Crippen LogP contribution in [-0.4, -0.2) is 26.9 Å². The molecule has 0 aliphatic rings. The first-order valence-electron chi connectivity index (χ1n) is 9.23. The molecule has 2 aromatic rings. The van der Waals surface area contributed by atoms with Gasteiger partial charge in [0.15, 0.2) is 11.5 Å². The van der Waals surface area contributed by atoms with Crippen LogP contribution in [0.5, 0.6) is 17.2 Å². The molecule has 0 radical (unpaired) electrons. The van der Waals surface area contributed by atoms with Crippen molar-refractivity contribution in [3.05, 3.63) is 53.6 Å². The summed E-state index contributed by atoms with van der Waals surface area (Å²) in [4.78, 5) is 0. The Balaban J connectivity index is 1.88. The zero-order valence-corrected chi connectivity index (χ0v) is 16.4. The Hall–Kier alpha value is -2.20. The maximum absolute atomic E-state index is 5.84. The lowest BCUT2D eigenvalue weighted by Crippen LogP contribution is -2.15. The van der Waals surface area contributed by atoms with Crippen molar-refractivity contribution >= 4 is 0 Å². The monoisotopic (exact) mass is 357 g/mol. The first kappa shape index (κ1) is 20.1. The van der Waals surface area contributed by atoms with E-state index >= 15 is 0 Å². The molecule has 2 rings (SSSR count). The predicted molar refractivity (Wildman–Crippen MR) is 107 cm³/mol. The van der Waals surface area contributed by atoms with Crippen LogP contribution < -0.4 is 19.9 Å². The third-order valence-corrected chi connectivity index (χ3v) is 4.79. The van der Waals surface area contributed by atoms with Gasteiger partial charge < -0.3 is 19.9 Å². The minimum atomic E-state index is 0.187. The second kappa shape index (κ2) is 9.48. The molecule has 142 valence electrons. The Morgan fingerprint density at radius 2 is 1.62 bits per heavy atom. The first-order valence-corrected chi connectivity index (χ1v) is 9.23. The average molecular weight is 357 g/mol. The molecule has 0 spiro atoms.